The van der Waals surface area contributed by atoms with E-state index in [9.17, 15) is 4.79 Å². The van der Waals surface area contributed by atoms with Crippen LogP contribution in [0.25, 0.3) is 0 Å². The number of benzene rings is 1. The minimum absolute atomic E-state index is 0.257. The average molecular weight is 312 g/mol. The Labute approximate surface area is 137 Å². The molecule has 0 aliphatic carbocycles. The molecule has 3 rings (SSSR count). The van der Waals surface area contributed by atoms with E-state index in [4.69, 9.17) is 0 Å². The van der Waals surface area contributed by atoms with Crippen LogP contribution in [0, 0.1) is 0 Å². The molecule has 2 aromatic rings. The van der Waals surface area contributed by atoms with Crippen LogP contribution in [-0.4, -0.2) is 44.8 Å². The molecule has 1 aliphatic heterocycles. The summed E-state index contributed by atoms with van der Waals surface area (Å²) in [6.07, 6.45) is 5.11. The summed E-state index contributed by atoms with van der Waals surface area (Å²) in [4.78, 5) is 24.2. The SMILES string of the molecule is CC[C@@H]1CN(Cc2cnc[nH]2)CCC(=O)N1Cc1ccccc1. The molecule has 5 nitrogen and oxygen atoms in total. The quantitative estimate of drug-likeness (QED) is 0.922. The summed E-state index contributed by atoms with van der Waals surface area (Å²) >= 11 is 0. The molecule has 1 N–H and O–H groups in total. The normalized spacial score (nSPS) is 19.8. The Hall–Kier alpha value is -2.14. The van der Waals surface area contributed by atoms with Crippen molar-refractivity contribution in [1.29, 1.82) is 0 Å². The lowest BCUT2D eigenvalue weighted by atomic mass is 10.1. The predicted octanol–water partition coefficient (Wildman–Crippen LogP) is 2.42. The van der Waals surface area contributed by atoms with Gasteiger partial charge < -0.3 is 9.88 Å². The molecule has 1 fully saturated rings. The van der Waals surface area contributed by atoms with Gasteiger partial charge in [0.15, 0.2) is 0 Å². The number of imidazole rings is 1. The van der Waals surface area contributed by atoms with Crippen LogP contribution >= 0.6 is 0 Å². The van der Waals surface area contributed by atoms with E-state index in [0.717, 1.165) is 31.7 Å². The Balaban J connectivity index is 1.71. The molecule has 1 amide bonds. The third-order valence-corrected chi connectivity index (χ3v) is 4.49. The highest BCUT2D eigenvalue weighted by atomic mass is 16.2. The predicted molar refractivity (Wildman–Crippen MR) is 89.6 cm³/mol. The Kier molecular flexibility index (Phi) is 5.08. The summed E-state index contributed by atoms with van der Waals surface area (Å²) in [5.74, 6) is 0.257. The van der Waals surface area contributed by atoms with Crippen molar-refractivity contribution in [2.45, 2.75) is 38.9 Å². The molecule has 0 radical (unpaired) electrons. The molecule has 23 heavy (non-hydrogen) atoms. The maximum absolute atomic E-state index is 12.6. The molecule has 5 heteroatoms. The van der Waals surface area contributed by atoms with Gasteiger partial charge in [-0.25, -0.2) is 4.98 Å². The van der Waals surface area contributed by atoms with E-state index in [1.54, 1.807) is 6.33 Å². The number of amides is 1. The van der Waals surface area contributed by atoms with E-state index in [0.29, 0.717) is 13.0 Å². The molecular formula is C18H24N4O. The van der Waals surface area contributed by atoms with Gasteiger partial charge in [0.05, 0.1) is 6.33 Å². The van der Waals surface area contributed by atoms with Gasteiger partial charge in [-0.05, 0) is 12.0 Å². The zero-order valence-corrected chi connectivity index (χ0v) is 13.6. The van der Waals surface area contributed by atoms with Crippen LogP contribution in [0.3, 0.4) is 0 Å². The zero-order valence-electron chi connectivity index (χ0n) is 13.6. The first-order valence-electron chi connectivity index (χ1n) is 8.29. The van der Waals surface area contributed by atoms with Crippen molar-refractivity contribution in [2.24, 2.45) is 0 Å². The Morgan fingerprint density at radius 1 is 1.26 bits per heavy atom. The minimum atomic E-state index is 0.257. The lowest BCUT2D eigenvalue weighted by Gasteiger charge is -2.31. The molecule has 0 unspecified atom stereocenters. The van der Waals surface area contributed by atoms with E-state index in [2.05, 4.69) is 38.8 Å². The Bertz CT molecular complexity index is 611. The number of nitrogens with zero attached hydrogens (tertiary/aromatic N) is 3. The van der Waals surface area contributed by atoms with Crippen LogP contribution in [0.1, 0.15) is 31.0 Å². The van der Waals surface area contributed by atoms with Crippen LogP contribution in [0.2, 0.25) is 0 Å². The van der Waals surface area contributed by atoms with Gasteiger partial charge in [0.1, 0.15) is 0 Å². The lowest BCUT2D eigenvalue weighted by molar-refractivity contribution is -0.133. The molecule has 2 heterocycles. The fourth-order valence-electron chi connectivity index (χ4n) is 3.19. The third kappa shape index (κ3) is 3.99. The van der Waals surface area contributed by atoms with Crippen molar-refractivity contribution >= 4 is 5.91 Å². The van der Waals surface area contributed by atoms with Gasteiger partial charge in [0.25, 0.3) is 0 Å². The van der Waals surface area contributed by atoms with Crippen molar-refractivity contribution in [3.05, 3.63) is 54.1 Å². The van der Waals surface area contributed by atoms with Gasteiger partial charge in [-0.2, -0.15) is 0 Å². The monoisotopic (exact) mass is 312 g/mol. The lowest BCUT2D eigenvalue weighted by Crippen LogP contribution is -2.42. The third-order valence-electron chi connectivity index (χ3n) is 4.49. The highest BCUT2D eigenvalue weighted by Crippen LogP contribution is 2.18. The van der Waals surface area contributed by atoms with Crippen LogP contribution in [0.5, 0.6) is 0 Å². The van der Waals surface area contributed by atoms with E-state index in [1.807, 2.05) is 24.4 Å². The summed E-state index contributed by atoms with van der Waals surface area (Å²) in [5, 5.41) is 0. The number of H-pyrrole nitrogens is 1. The zero-order chi connectivity index (χ0) is 16.1. The topological polar surface area (TPSA) is 52.2 Å². The molecule has 1 aromatic heterocycles. The number of aromatic nitrogens is 2. The molecule has 0 saturated carbocycles. The first kappa shape index (κ1) is 15.7. The summed E-state index contributed by atoms with van der Waals surface area (Å²) < 4.78 is 0. The number of carbonyl (C=O) groups excluding carboxylic acids is 1. The van der Waals surface area contributed by atoms with E-state index < -0.39 is 0 Å². The first-order valence-corrected chi connectivity index (χ1v) is 8.29. The van der Waals surface area contributed by atoms with Gasteiger partial charge in [-0.15, -0.1) is 0 Å². The number of carbonyl (C=O) groups is 1. The van der Waals surface area contributed by atoms with Crippen LogP contribution in [-0.2, 0) is 17.9 Å². The summed E-state index contributed by atoms with van der Waals surface area (Å²) in [6, 6.07) is 10.5. The van der Waals surface area contributed by atoms with Crippen molar-refractivity contribution in [1.82, 2.24) is 19.8 Å². The van der Waals surface area contributed by atoms with Crippen molar-refractivity contribution < 1.29 is 4.79 Å². The number of aromatic amines is 1. The fourth-order valence-corrected chi connectivity index (χ4v) is 3.19. The Morgan fingerprint density at radius 2 is 2.09 bits per heavy atom. The van der Waals surface area contributed by atoms with E-state index in [-0.39, 0.29) is 11.9 Å². The number of hydrogen-bond donors (Lipinski definition) is 1. The molecule has 1 atom stereocenters. The van der Waals surface area contributed by atoms with Crippen LogP contribution < -0.4 is 0 Å². The van der Waals surface area contributed by atoms with Crippen molar-refractivity contribution in [3.8, 4) is 0 Å². The van der Waals surface area contributed by atoms with Crippen LogP contribution in [0.15, 0.2) is 42.9 Å². The van der Waals surface area contributed by atoms with Gasteiger partial charge in [0.2, 0.25) is 5.91 Å². The van der Waals surface area contributed by atoms with Gasteiger partial charge >= 0.3 is 0 Å². The highest BCUT2D eigenvalue weighted by Gasteiger charge is 2.28. The van der Waals surface area contributed by atoms with E-state index >= 15 is 0 Å². The molecule has 0 spiro atoms. The summed E-state index contributed by atoms with van der Waals surface area (Å²) in [6.45, 7) is 5.41. The average Bonchev–Trinajstić information content (AvgIpc) is 3.04. The maximum atomic E-state index is 12.6. The second-order valence-electron chi connectivity index (χ2n) is 6.13. The maximum Gasteiger partial charge on any atom is 0.224 e. The molecule has 1 aromatic carbocycles. The molecule has 0 bridgehead atoms. The second kappa shape index (κ2) is 7.42. The largest absolute Gasteiger partial charge is 0.347 e. The molecule has 1 saturated heterocycles. The number of rotatable bonds is 5. The van der Waals surface area contributed by atoms with Gasteiger partial charge in [0, 0.05) is 50.5 Å². The highest BCUT2D eigenvalue weighted by molar-refractivity contribution is 5.77. The van der Waals surface area contributed by atoms with Gasteiger partial charge in [-0.3, -0.25) is 9.69 Å². The molecule has 1 aliphatic rings. The molecular weight excluding hydrogens is 288 g/mol. The summed E-state index contributed by atoms with van der Waals surface area (Å²) in [7, 11) is 0. The van der Waals surface area contributed by atoms with Gasteiger partial charge in [-0.1, -0.05) is 37.3 Å². The standard InChI is InChI=1S/C18H24N4O/c1-2-17-13-21(12-16-10-19-14-20-16)9-8-18(23)22(17)11-15-6-4-3-5-7-15/h3-7,10,14,17H,2,8-9,11-13H2,1H3,(H,19,20)/t17-/m1/s1. The van der Waals surface area contributed by atoms with Crippen molar-refractivity contribution in [3.63, 3.8) is 0 Å². The smallest absolute Gasteiger partial charge is 0.224 e. The fraction of sp³-hybridized carbons (Fsp3) is 0.444. The summed E-state index contributed by atoms with van der Waals surface area (Å²) in [5.41, 5.74) is 2.30. The number of nitrogens with one attached hydrogen (secondary N) is 1. The second-order valence-corrected chi connectivity index (χ2v) is 6.13. The van der Waals surface area contributed by atoms with E-state index in [1.165, 1.54) is 5.56 Å². The van der Waals surface area contributed by atoms with Crippen molar-refractivity contribution in [2.75, 3.05) is 13.1 Å². The Morgan fingerprint density at radius 3 is 2.78 bits per heavy atom. The molecule has 122 valence electrons. The minimum Gasteiger partial charge on any atom is -0.347 e. The number of hydrogen-bond acceptors (Lipinski definition) is 3. The van der Waals surface area contributed by atoms with Crippen LogP contribution in [0.4, 0.5) is 0 Å². The first-order chi connectivity index (χ1) is 11.3.